The molecule has 9 heteroatoms. The van der Waals surface area contributed by atoms with Gasteiger partial charge in [0.15, 0.2) is 5.75 Å². The smallest absolute Gasteiger partial charge is 0.238 e. The van der Waals surface area contributed by atoms with Crippen LogP contribution < -0.4 is 10.9 Å². The minimum Gasteiger partial charge on any atom is -0.504 e. The van der Waals surface area contributed by atoms with Gasteiger partial charge in [0.1, 0.15) is 23.1 Å². The zero-order valence-electron chi connectivity index (χ0n) is 18.0. The van der Waals surface area contributed by atoms with E-state index in [2.05, 4.69) is 9.97 Å². The Morgan fingerprint density at radius 2 is 1.65 bits per heavy atom. The highest BCUT2D eigenvalue weighted by atomic mass is 32.2. The number of sulfonamides is 1. The predicted octanol–water partition coefficient (Wildman–Crippen LogP) is 3.57. The van der Waals surface area contributed by atoms with Gasteiger partial charge in [-0.05, 0) is 29.3 Å². The molecule has 0 saturated heterocycles. The maximum absolute atomic E-state index is 12.0. The number of fused-ring (bicyclic) bond motifs is 1. The van der Waals surface area contributed by atoms with Crippen molar-refractivity contribution in [1.82, 2.24) is 14.5 Å². The Morgan fingerprint density at radius 1 is 0.912 bits per heavy atom. The van der Waals surface area contributed by atoms with Gasteiger partial charge in [-0.1, -0.05) is 54.6 Å². The Balaban J connectivity index is 1.59. The third kappa shape index (κ3) is 3.81. The lowest BCUT2D eigenvalue weighted by atomic mass is 10.0. The van der Waals surface area contributed by atoms with Crippen LogP contribution in [0.1, 0.15) is 5.56 Å². The van der Waals surface area contributed by atoms with Crippen LogP contribution in [-0.2, 0) is 16.6 Å². The molecule has 5 aromatic rings. The molecule has 2 heterocycles. The molecule has 34 heavy (non-hydrogen) atoms. The SMILES string of the molecule is NCc1cccc(-n2cnc3cnc(-c4ccc(-c5ccccc5S(N)(=O)=O)cc4)c(O)c32)c1. The summed E-state index contributed by atoms with van der Waals surface area (Å²) in [7, 11) is -3.87. The highest BCUT2D eigenvalue weighted by Gasteiger charge is 2.18. The maximum Gasteiger partial charge on any atom is 0.238 e. The summed E-state index contributed by atoms with van der Waals surface area (Å²) in [5, 5.41) is 16.5. The Hall–Kier alpha value is -4.05. The zero-order valence-corrected chi connectivity index (χ0v) is 18.8. The number of pyridine rings is 1. The van der Waals surface area contributed by atoms with Crippen molar-refractivity contribution in [3.05, 3.63) is 90.9 Å². The first-order valence-corrected chi connectivity index (χ1v) is 12.0. The summed E-state index contributed by atoms with van der Waals surface area (Å²) in [6, 6.07) is 21.3. The molecule has 0 spiro atoms. The minimum atomic E-state index is -3.87. The van der Waals surface area contributed by atoms with E-state index in [1.54, 1.807) is 59.6 Å². The van der Waals surface area contributed by atoms with E-state index in [1.807, 2.05) is 24.3 Å². The van der Waals surface area contributed by atoms with Gasteiger partial charge < -0.3 is 10.8 Å². The molecule has 3 aromatic carbocycles. The maximum atomic E-state index is 12.0. The molecule has 2 aromatic heterocycles. The van der Waals surface area contributed by atoms with Gasteiger partial charge in [0.05, 0.1) is 11.1 Å². The summed E-state index contributed by atoms with van der Waals surface area (Å²) >= 11 is 0. The van der Waals surface area contributed by atoms with Crippen LogP contribution in [0.3, 0.4) is 0 Å². The lowest BCUT2D eigenvalue weighted by Crippen LogP contribution is -2.13. The third-order valence-electron chi connectivity index (χ3n) is 5.65. The molecule has 0 aliphatic rings. The van der Waals surface area contributed by atoms with Crippen molar-refractivity contribution in [3.8, 4) is 33.8 Å². The summed E-state index contributed by atoms with van der Waals surface area (Å²) in [6.45, 7) is 0.403. The molecule has 0 unspecified atom stereocenters. The monoisotopic (exact) mass is 471 g/mol. The molecule has 8 nitrogen and oxygen atoms in total. The van der Waals surface area contributed by atoms with Gasteiger partial charge in [-0.3, -0.25) is 4.57 Å². The number of aromatic nitrogens is 3. The molecule has 0 atom stereocenters. The highest BCUT2D eigenvalue weighted by molar-refractivity contribution is 7.89. The topological polar surface area (TPSA) is 137 Å². The van der Waals surface area contributed by atoms with Gasteiger partial charge in [0, 0.05) is 23.4 Å². The first-order valence-electron chi connectivity index (χ1n) is 10.4. The molecule has 0 fully saturated rings. The fourth-order valence-electron chi connectivity index (χ4n) is 3.99. The number of hydrogen-bond acceptors (Lipinski definition) is 6. The fraction of sp³-hybridized carbons (Fsp3) is 0.0400. The largest absolute Gasteiger partial charge is 0.504 e. The summed E-state index contributed by atoms with van der Waals surface area (Å²) in [6.07, 6.45) is 3.25. The Labute approximate surface area is 196 Å². The van der Waals surface area contributed by atoms with Crippen molar-refractivity contribution in [2.45, 2.75) is 11.4 Å². The quantitative estimate of drug-likeness (QED) is 0.358. The van der Waals surface area contributed by atoms with Crippen LogP contribution in [0, 0.1) is 0 Å². The average molecular weight is 472 g/mol. The second kappa shape index (κ2) is 8.38. The third-order valence-corrected chi connectivity index (χ3v) is 6.62. The standard InChI is InChI=1S/C25H21N5O3S/c26-13-16-4-3-5-19(12-16)30-15-29-21-14-28-23(25(31)24(21)30)18-10-8-17(9-11-18)20-6-1-2-7-22(20)34(27,32)33/h1-12,14-15,31H,13,26H2,(H2,27,32,33). The number of nitrogens with zero attached hydrogens (tertiary/aromatic N) is 3. The molecule has 5 rings (SSSR count). The van der Waals surface area contributed by atoms with Gasteiger partial charge in [0.25, 0.3) is 0 Å². The van der Waals surface area contributed by atoms with Gasteiger partial charge in [0.2, 0.25) is 10.0 Å². The highest BCUT2D eigenvalue weighted by Crippen LogP contribution is 2.36. The average Bonchev–Trinajstić information content (AvgIpc) is 3.29. The first-order chi connectivity index (χ1) is 16.4. The second-order valence-corrected chi connectivity index (χ2v) is 9.33. The summed E-state index contributed by atoms with van der Waals surface area (Å²) in [4.78, 5) is 8.84. The van der Waals surface area contributed by atoms with Crippen molar-refractivity contribution in [2.24, 2.45) is 10.9 Å². The molecule has 0 amide bonds. The molecule has 170 valence electrons. The van der Waals surface area contributed by atoms with Gasteiger partial charge in [-0.25, -0.2) is 23.5 Å². The van der Waals surface area contributed by atoms with Crippen LogP contribution in [0.5, 0.6) is 5.75 Å². The van der Waals surface area contributed by atoms with E-state index in [4.69, 9.17) is 10.9 Å². The summed E-state index contributed by atoms with van der Waals surface area (Å²) in [5.41, 5.74) is 10.9. The van der Waals surface area contributed by atoms with E-state index in [0.29, 0.717) is 40.0 Å². The molecule has 5 N–H and O–H groups in total. The van der Waals surface area contributed by atoms with Crippen LogP contribution in [0.4, 0.5) is 0 Å². The van der Waals surface area contributed by atoms with Crippen molar-refractivity contribution in [1.29, 1.82) is 0 Å². The second-order valence-electron chi connectivity index (χ2n) is 7.80. The number of aromatic hydroxyl groups is 1. The molecule has 0 aliphatic heterocycles. The van der Waals surface area contributed by atoms with Gasteiger partial charge in [-0.15, -0.1) is 0 Å². The Bertz CT molecular complexity index is 1630. The fourth-order valence-corrected chi connectivity index (χ4v) is 4.75. The summed E-state index contributed by atoms with van der Waals surface area (Å²) < 4.78 is 25.7. The first kappa shape index (κ1) is 21.8. The van der Waals surface area contributed by atoms with Crippen LogP contribution in [0.2, 0.25) is 0 Å². The van der Waals surface area contributed by atoms with Crippen LogP contribution in [0.25, 0.3) is 39.1 Å². The van der Waals surface area contributed by atoms with Crippen molar-refractivity contribution < 1.29 is 13.5 Å². The molecular weight excluding hydrogens is 450 g/mol. The van der Waals surface area contributed by atoms with E-state index in [0.717, 1.165) is 11.3 Å². The minimum absolute atomic E-state index is 0.00848. The normalized spacial score (nSPS) is 11.7. The lowest BCUT2D eigenvalue weighted by molar-refractivity contribution is 0.479. The number of benzene rings is 3. The van der Waals surface area contributed by atoms with E-state index in [-0.39, 0.29) is 10.6 Å². The molecule has 0 radical (unpaired) electrons. The number of imidazole rings is 1. The molecule has 0 saturated carbocycles. The van der Waals surface area contributed by atoms with E-state index < -0.39 is 10.0 Å². The van der Waals surface area contributed by atoms with Gasteiger partial charge >= 0.3 is 0 Å². The van der Waals surface area contributed by atoms with Crippen molar-refractivity contribution in [2.75, 3.05) is 0 Å². The van der Waals surface area contributed by atoms with Crippen LogP contribution in [0.15, 0.2) is 90.2 Å². The lowest BCUT2D eigenvalue weighted by Gasteiger charge is -2.11. The zero-order chi connectivity index (χ0) is 23.9. The van der Waals surface area contributed by atoms with E-state index in [9.17, 15) is 13.5 Å². The van der Waals surface area contributed by atoms with Crippen LogP contribution >= 0.6 is 0 Å². The number of rotatable bonds is 5. The molecular formula is C25H21N5O3S. The van der Waals surface area contributed by atoms with E-state index >= 15 is 0 Å². The molecule has 0 bridgehead atoms. The van der Waals surface area contributed by atoms with Crippen molar-refractivity contribution in [3.63, 3.8) is 0 Å². The Kier molecular flexibility index (Phi) is 5.37. The predicted molar refractivity (Wildman–Crippen MR) is 131 cm³/mol. The number of hydrogen-bond donors (Lipinski definition) is 3. The number of primary sulfonamides is 1. The number of nitrogens with two attached hydrogens (primary N) is 2. The van der Waals surface area contributed by atoms with Crippen molar-refractivity contribution >= 4 is 21.1 Å². The molecule has 0 aliphatic carbocycles. The van der Waals surface area contributed by atoms with Gasteiger partial charge in [-0.2, -0.15) is 0 Å². The van der Waals surface area contributed by atoms with E-state index in [1.165, 1.54) is 6.07 Å². The van der Waals surface area contributed by atoms with Crippen LogP contribution in [-0.4, -0.2) is 28.1 Å². The summed E-state index contributed by atoms with van der Waals surface area (Å²) in [5.74, 6) is -0.00848. The Morgan fingerprint density at radius 3 is 2.38 bits per heavy atom.